The summed E-state index contributed by atoms with van der Waals surface area (Å²) in [7, 11) is 1.65. The van der Waals surface area contributed by atoms with Crippen LogP contribution < -0.4 is 10.1 Å². The minimum absolute atomic E-state index is 0.690. The number of benzene rings is 1. The highest BCUT2D eigenvalue weighted by Crippen LogP contribution is 2.31. The first-order chi connectivity index (χ1) is 9.56. The number of nitrogens with one attached hydrogen (secondary N) is 1. The summed E-state index contributed by atoms with van der Waals surface area (Å²) in [5.74, 6) is 2.36. The first-order valence-corrected chi connectivity index (χ1v) is 7.29. The lowest BCUT2D eigenvalue weighted by molar-refractivity contribution is 0.415. The zero-order valence-electron chi connectivity index (χ0n) is 12.1. The second-order valence-corrected chi connectivity index (χ2v) is 5.34. The molecule has 0 aliphatic heterocycles. The third kappa shape index (κ3) is 2.93. The zero-order valence-corrected chi connectivity index (χ0v) is 13.7. The molecule has 0 atom stereocenters. The standard InChI is InChI=1S/C15H18BrN3O/c1-5-17-14-9(2)10(3)18-15(19-14)12-8-11(20-4)6-7-13(12)16/h6-8H,5H2,1-4H3,(H,17,18,19). The summed E-state index contributed by atoms with van der Waals surface area (Å²) in [6, 6.07) is 5.78. The number of halogens is 1. The second kappa shape index (κ2) is 6.22. The molecular weight excluding hydrogens is 318 g/mol. The van der Waals surface area contributed by atoms with Crippen molar-refractivity contribution in [3.8, 4) is 17.1 Å². The minimum Gasteiger partial charge on any atom is -0.497 e. The molecule has 0 saturated carbocycles. The Balaban J connectivity index is 2.57. The van der Waals surface area contributed by atoms with Crippen LogP contribution in [0.25, 0.3) is 11.4 Å². The maximum atomic E-state index is 5.27. The molecule has 0 unspecified atom stereocenters. The number of anilines is 1. The second-order valence-electron chi connectivity index (χ2n) is 4.48. The van der Waals surface area contributed by atoms with Crippen molar-refractivity contribution in [1.29, 1.82) is 0 Å². The van der Waals surface area contributed by atoms with Gasteiger partial charge in [0.05, 0.1) is 7.11 Å². The molecule has 0 fully saturated rings. The van der Waals surface area contributed by atoms with Crippen molar-refractivity contribution < 1.29 is 4.74 Å². The number of hydrogen-bond donors (Lipinski definition) is 1. The summed E-state index contributed by atoms with van der Waals surface area (Å²) < 4.78 is 6.22. The van der Waals surface area contributed by atoms with E-state index in [0.717, 1.165) is 39.4 Å². The molecule has 0 aliphatic rings. The number of aryl methyl sites for hydroxylation is 1. The Morgan fingerprint density at radius 2 is 2.00 bits per heavy atom. The number of rotatable bonds is 4. The molecule has 0 bridgehead atoms. The van der Waals surface area contributed by atoms with E-state index in [1.165, 1.54) is 0 Å². The maximum Gasteiger partial charge on any atom is 0.163 e. The fraction of sp³-hybridized carbons (Fsp3) is 0.333. The number of aromatic nitrogens is 2. The van der Waals surface area contributed by atoms with Crippen molar-refractivity contribution in [2.75, 3.05) is 19.0 Å². The van der Waals surface area contributed by atoms with Crippen LogP contribution in [0.1, 0.15) is 18.2 Å². The number of ether oxygens (including phenoxy) is 1. The van der Waals surface area contributed by atoms with E-state index in [0.29, 0.717) is 5.82 Å². The van der Waals surface area contributed by atoms with Crippen LogP contribution in [0.3, 0.4) is 0 Å². The van der Waals surface area contributed by atoms with Gasteiger partial charge in [-0.25, -0.2) is 9.97 Å². The molecule has 1 aromatic heterocycles. The Labute approximate surface area is 127 Å². The van der Waals surface area contributed by atoms with E-state index >= 15 is 0 Å². The predicted molar refractivity (Wildman–Crippen MR) is 85.4 cm³/mol. The molecule has 1 N–H and O–H groups in total. The Morgan fingerprint density at radius 1 is 1.25 bits per heavy atom. The van der Waals surface area contributed by atoms with Crippen LogP contribution in [0.2, 0.25) is 0 Å². The van der Waals surface area contributed by atoms with Gasteiger partial charge in [-0.1, -0.05) is 15.9 Å². The van der Waals surface area contributed by atoms with E-state index in [-0.39, 0.29) is 0 Å². The van der Waals surface area contributed by atoms with Crippen LogP contribution >= 0.6 is 15.9 Å². The fourth-order valence-electron chi connectivity index (χ4n) is 1.89. The van der Waals surface area contributed by atoms with Crippen molar-refractivity contribution in [1.82, 2.24) is 9.97 Å². The van der Waals surface area contributed by atoms with Gasteiger partial charge in [-0.2, -0.15) is 0 Å². The SMILES string of the molecule is CCNc1nc(-c2cc(OC)ccc2Br)nc(C)c1C. The molecule has 1 heterocycles. The van der Waals surface area contributed by atoms with Crippen molar-refractivity contribution in [2.24, 2.45) is 0 Å². The molecule has 1 aromatic carbocycles. The summed E-state index contributed by atoms with van der Waals surface area (Å²) in [5, 5.41) is 3.28. The van der Waals surface area contributed by atoms with Crippen molar-refractivity contribution in [2.45, 2.75) is 20.8 Å². The van der Waals surface area contributed by atoms with Gasteiger partial charge >= 0.3 is 0 Å². The van der Waals surface area contributed by atoms with Gasteiger partial charge in [-0.15, -0.1) is 0 Å². The summed E-state index contributed by atoms with van der Waals surface area (Å²) in [6.45, 7) is 6.90. The normalized spacial score (nSPS) is 10.4. The Morgan fingerprint density at radius 3 is 2.65 bits per heavy atom. The van der Waals surface area contributed by atoms with E-state index < -0.39 is 0 Å². The summed E-state index contributed by atoms with van der Waals surface area (Å²) in [4.78, 5) is 9.21. The van der Waals surface area contributed by atoms with Gasteiger partial charge in [0.25, 0.3) is 0 Å². The molecule has 4 nitrogen and oxygen atoms in total. The average Bonchev–Trinajstić information content (AvgIpc) is 2.44. The largest absolute Gasteiger partial charge is 0.497 e. The zero-order chi connectivity index (χ0) is 14.7. The number of hydrogen-bond acceptors (Lipinski definition) is 4. The first-order valence-electron chi connectivity index (χ1n) is 6.49. The molecule has 2 rings (SSSR count). The van der Waals surface area contributed by atoms with Crippen molar-refractivity contribution >= 4 is 21.7 Å². The Bertz CT molecular complexity index is 629. The van der Waals surface area contributed by atoms with Crippen LogP contribution in [-0.2, 0) is 0 Å². The highest BCUT2D eigenvalue weighted by atomic mass is 79.9. The average molecular weight is 336 g/mol. The number of methoxy groups -OCH3 is 1. The molecule has 20 heavy (non-hydrogen) atoms. The summed E-state index contributed by atoms with van der Waals surface area (Å²) in [6.07, 6.45) is 0. The molecule has 0 spiro atoms. The van der Waals surface area contributed by atoms with Gasteiger partial charge in [0, 0.05) is 27.8 Å². The van der Waals surface area contributed by atoms with Crippen LogP contribution in [0.15, 0.2) is 22.7 Å². The molecular formula is C15H18BrN3O. The van der Waals surface area contributed by atoms with Gasteiger partial charge < -0.3 is 10.1 Å². The van der Waals surface area contributed by atoms with E-state index in [1.54, 1.807) is 7.11 Å². The van der Waals surface area contributed by atoms with E-state index in [2.05, 4.69) is 38.1 Å². The van der Waals surface area contributed by atoms with Crippen LogP contribution in [0.5, 0.6) is 5.75 Å². The highest BCUT2D eigenvalue weighted by Gasteiger charge is 2.12. The van der Waals surface area contributed by atoms with E-state index in [9.17, 15) is 0 Å². The topological polar surface area (TPSA) is 47.0 Å². The predicted octanol–water partition coefficient (Wildman–Crippen LogP) is 3.96. The minimum atomic E-state index is 0.690. The lowest BCUT2D eigenvalue weighted by Crippen LogP contribution is -2.06. The van der Waals surface area contributed by atoms with E-state index in [4.69, 9.17) is 4.74 Å². The number of nitrogens with zero attached hydrogens (tertiary/aromatic N) is 2. The van der Waals surface area contributed by atoms with Gasteiger partial charge in [-0.3, -0.25) is 0 Å². The molecule has 2 aromatic rings. The molecule has 0 aliphatic carbocycles. The third-order valence-corrected chi connectivity index (χ3v) is 3.84. The van der Waals surface area contributed by atoms with E-state index in [1.807, 2.05) is 32.0 Å². The first kappa shape index (κ1) is 14.8. The van der Waals surface area contributed by atoms with Gasteiger partial charge in [0.2, 0.25) is 0 Å². The highest BCUT2D eigenvalue weighted by molar-refractivity contribution is 9.10. The smallest absolute Gasteiger partial charge is 0.163 e. The lowest BCUT2D eigenvalue weighted by Gasteiger charge is -2.12. The molecule has 0 radical (unpaired) electrons. The van der Waals surface area contributed by atoms with Crippen molar-refractivity contribution in [3.05, 3.63) is 33.9 Å². The molecule has 0 saturated heterocycles. The van der Waals surface area contributed by atoms with Gasteiger partial charge in [0.1, 0.15) is 11.6 Å². The third-order valence-electron chi connectivity index (χ3n) is 3.15. The maximum absolute atomic E-state index is 5.27. The molecule has 5 heteroatoms. The monoisotopic (exact) mass is 335 g/mol. The summed E-state index contributed by atoms with van der Waals surface area (Å²) in [5.41, 5.74) is 2.97. The lowest BCUT2D eigenvalue weighted by atomic mass is 10.1. The van der Waals surface area contributed by atoms with Gasteiger partial charge in [0.15, 0.2) is 5.82 Å². The fourth-order valence-corrected chi connectivity index (χ4v) is 2.32. The Hall–Kier alpha value is -1.62. The van der Waals surface area contributed by atoms with Crippen LogP contribution in [0, 0.1) is 13.8 Å². The van der Waals surface area contributed by atoms with Crippen LogP contribution in [-0.4, -0.2) is 23.6 Å². The quantitative estimate of drug-likeness (QED) is 0.918. The molecule has 0 amide bonds. The van der Waals surface area contributed by atoms with Crippen LogP contribution in [0.4, 0.5) is 5.82 Å². The van der Waals surface area contributed by atoms with Gasteiger partial charge in [-0.05, 0) is 39.0 Å². The molecule has 106 valence electrons. The Kier molecular flexibility index (Phi) is 4.60. The van der Waals surface area contributed by atoms with Crippen molar-refractivity contribution in [3.63, 3.8) is 0 Å². The summed E-state index contributed by atoms with van der Waals surface area (Å²) >= 11 is 3.55.